The molecule has 0 fully saturated rings. The monoisotopic (exact) mass is 375 g/mol. The maximum absolute atomic E-state index is 13.4. The van der Waals surface area contributed by atoms with Crippen molar-refractivity contribution in [3.05, 3.63) is 59.2 Å². The summed E-state index contributed by atoms with van der Waals surface area (Å²) in [6.07, 6.45) is -4.95. The third-order valence-corrected chi connectivity index (χ3v) is 3.27. The summed E-state index contributed by atoms with van der Waals surface area (Å²) in [7, 11) is 1.45. The molecule has 0 atom stereocenters. The molecule has 2 aromatic carbocycles. The molecule has 0 bridgehead atoms. The summed E-state index contributed by atoms with van der Waals surface area (Å²) in [5.74, 6) is -3.05. The lowest BCUT2D eigenvalue weighted by molar-refractivity contribution is -0.140. The highest BCUT2D eigenvalue weighted by Gasteiger charge is 2.34. The molecule has 0 heterocycles. The minimum absolute atomic E-state index is 0.0796. The zero-order chi connectivity index (χ0) is 19.3. The Balaban J connectivity index is 2.26. The first-order valence-electron chi connectivity index (χ1n) is 7.31. The van der Waals surface area contributed by atoms with Gasteiger partial charge in [0.25, 0.3) is 5.91 Å². The van der Waals surface area contributed by atoms with Crippen LogP contribution in [0.4, 0.5) is 27.6 Å². The van der Waals surface area contributed by atoms with Crippen LogP contribution in [0.3, 0.4) is 0 Å². The van der Waals surface area contributed by atoms with Crippen molar-refractivity contribution in [1.29, 1.82) is 0 Å². The molecule has 1 N–H and O–H groups in total. The van der Waals surface area contributed by atoms with E-state index in [1.807, 2.05) is 0 Å². The molecular formula is C17H14F5NO3. The van der Waals surface area contributed by atoms with Gasteiger partial charge in [-0.1, -0.05) is 0 Å². The lowest BCUT2D eigenvalue weighted by Gasteiger charge is -2.14. The number of amides is 1. The third kappa shape index (κ3) is 4.92. The summed E-state index contributed by atoms with van der Waals surface area (Å²) in [6, 6.07) is 5.12. The summed E-state index contributed by atoms with van der Waals surface area (Å²) in [4.78, 5) is 12.2. The number of ether oxygens (including phenoxy) is 2. The Kier molecular flexibility index (Phi) is 6.14. The minimum atomic E-state index is -4.95. The van der Waals surface area contributed by atoms with Crippen molar-refractivity contribution in [2.45, 2.75) is 6.18 Å². The summed E-state index contributed by atoms with van der Waals surface area (Å²) >= 11 is 0. The van der Waals surface area contributed by atoms with Crippen LogP contribution in [0, 0.1) is 11.6 Å². The molecule has 0 aromatic heterocycles. The van der Waals surface area contributed by atoms with E-state index in [1.54, 1.807) is 0 Å². The van der Waals surface area contributed by atoms with Crippen LogP contribution in [0.1, 0.15) is 15.9 Å². The fourth-order valence-electron chi connectivity index (χ4n) is 2.04. The van der Waals surface area contributed by atoms with Crippen molar-refractivity contribution in [3.8, 4) is 5.75 Å². The molecule has 140 valence electrons. The number of anilines is 1. The van der Waals surface area contributed by atoms with Crippen LogP contribution in [0.5, 0.6) is 5.75 Å². The summed E-state index contributed by atoms with van der Waals surface area (Å²) in [5.41, 5.74) is -2.09. The smallest absolute Gasteiger partial charge is 0.419 e. The highest BCUT2D eigenvalue weighted by atomic mass is 19.4. The summed E-state index contributed by atoms with van der Waals surface area (Å²) in [6.45, 7) is 0.345. The Bertz CT molecular complexity index is 792. The number of hydrogen-bond acceptors (Lipinski definition) is 3. The van der Waals surface area contributed by atoms with Crippen molar-refractivity contribution >= 4 is 11.6 Å². The van der Waals surface area contributed by atoms with Gasteiger partial charge in [0, 0.05) is 18.7 Å². The SMILES string of the molecule is COCCOc1ccc(F)cc1NC(=O)c1ccc(F)c(C(F)(F)F)c1. The van der Waals surface area contributed by atoms with Gasteiger partial charge in [-0.3, -0.25) is 4.79 Å². The van der Waals surface area contributed by atoms with Crippen LogP contribution < -0.4 is 10.1 Å². The standard InChI is InChI=1S/C17H14F5NO3/c1-25-6-7-26-15-5-3-11(18)9-14(15)23-16(24)10-2-4-13(19)12(8-10)17(20,21)22/h2-5,8-9H,6-7H2,1H3,(H,23,24). The quantitative estimate of drug-likeness (QED) is 0.606. The highest BCUT2D eigenvalue weighted by molar-refractivity contribution is 6.05. The number of carbonyl (C=O) groups excluding carboxylic acids is 1. The zero-order valence-corrected chi connectivity index (χ0v) is 13.5. The molecule has 0 saturated carbocycles. The molecule has 0 spiro atoms. The maximum Gasteiger partial charge on any atom is 0.419 e. The van der Waals surface area contributed by atoms with E-state index in [-0.39, 0.29) is 24.7 Å². The zero-order valence-electron chi connectivity index (χ0n) is 13.5. The molecule has 0 saturated heterocycles. The first-order valence-corrected chi connectivity index (χ1v) is 7.31. The maximum atomic E-state index is 13.4. The molecule has 0 unspecified atom stereocenters. The normalized spacial score (nSPS) is 11.3. The predicted octanol–water partition coefficient (Wildman–Crippen LogP) is 4.26. The molecule has 26 heavy (non-hydrogen) atoms. The lowest BCUT2D eigenvalue weighted by atomic mass is 10.1. The van der Waals surface area contributed by atoms with E-state index in [9.17, 15) is 26.7 Å². The Morgan fingerprint density at radius 1 is 1.08 bits per heavy atom. The molecule has 0 aliphatic heterocycles. The molecule has 4 nitrogen and oxygen atoms in total. The van der Waals surface area contributed by atoms with Gasteiger partial charge in [-0.25, -0.2) is 8.78 Å². The first kappa shape index (κ1) is 19.6. The van der Waals surface area contributed by atoms with Crippen molar-refractivity contribution in [2.24, 2.45) is 0 Å². The van der Waals surface area contributed by atoms with E-state index < -0.39 is 34.8 Å². The second kappa shape index (κ2) is 8.13. The van der Waals surface area contributed by atoms with Crippen LogP contribution in [-0.4, -0.2) is 26.2 Å². The fourth-order valence-corrected chi connectivity index (χ4v) is 2.04. The third-order valence-electron chi connectivity index (χ3n) is 3.27. The molecular weight excluding hydrogens is 361 g/mol. The average Bonchev–Trinajstić information content (AvgIpc) is 2.56. The first-order chi connectivity index (χ1) is 12.2. The number of carbonyl (C=O) groups is 1. The summed E-state index contributed by atoms with van der Waals surface area (Å²) in [5, 5.41) is 2.26. The van der Waals surface area contributed by atoms with Gasteiger partial charge >= 0.3 is 6.18 Å². The van der Waals surface area contributed by atoms with E-state index in [0.29, 0.717) is 12.1 Å². The largest absolute Gasteiger partial charge is 0.489 e. The van der Waals surface area contributed by atoms with E-state index >= 15 is 0 Å². The van der Waals surface area contributed by atoms with Crippen molar-refractivity contribution < 1.29 is 36.2 Å². The molecule has 9 heteroatoms. The van der Waals surface area contributed by atoms with Crippen LogP contribution in [0.25, 0.3) is 0 Å². The van der Waals surface area contributed by atoms with E-state index in [2.05, 4.69) is 5.32 Å². The van der Waals surface area contributed by atoms with Gasteiger partial charge in [-0.2, -0.15) is 13.2 Å². The molecule has 0 aliphatic rings. The fraction of sp³-hybridized carbons (Fsp3) is 0.235. The number of hydrogen-bond donors (Lipinski definition) is 1. The Labute approximate surface area is 145 Å². The molecule has 2 rings (SSSR count). The van der Waals surface area contributed by atoms with E-state index in [4.69, 9.17) is 9.47 Å². The number of rotatable bonds is 6. The van der Waals surface area contributed by atoms with Gasteiger partial charge < -0.3 is 14.8 Å². The lowest BCUT2D eigenvalue weighted by Crippen LogP contribution is -2.16. The number of nitrogens with one attached hydrogen (secondary N) is 1. The van der Waals surface area contributed by atoms with Crippen LogP contribution in [0.2, 0.25) is 0 Å². The molecule has 1 amide bonds. The van der Waals surface area contributed by atoms with Gasteiger partial charge in [-0.15, -0.1) is 0 Å². The Hall–Kier alpha value is -2.68. The van der Waals surface area contributed by atoms with Crippen molar-refractivity contribution in [3.63, 3.8) is 0 Å². The molecule has 0 radical (unpaired) electrons. The Morgan fingerprint density at radius 2 is 1.81 bits per heavy atom. The average molecular weight is 375 g/mol. The number of alkyl halides is 3. The van der Waals surface area contributed by atoms with Crippen molar-refractivity contribution in [2.75, 3.05) is 25.6 Å². The second-order valence-electron chi connectivity index (χ2n) is 5.13. The van der Waals surface area contributed by atoms with Gasteiger partial charge in [0.15, 0.2) is 0 Å². The molecule has 2 aromatic rings. The van der Waals surface area contributed by atoms with Gasteiger partial charge in [0.05, 0.1) is 17.9 Å². The van der Waals surface area contributed by atoms with Crippen LogP contribution >= 0.6 is 0 Å². The van der Waals surface area contributed by atoms with Gasteiger partial charge in [0.2, 0.25) is 0 Å². The summed E-state index contributed by atoms with van der Waals surface area (Å²) < 4.78 is 75.1. The number of methoxy groups -OCH3 is 1. The van der Waals surface area contributed by atoms with E-state index in [0.717, 1.165) is 18.2 Å². The predicted molar refractivity (Wildman–Crippen MR) is 83.1 cm³/mol. The topological polar surface area (TPSA) is 47.6 Å². The number of halogens is 5. The minimum Gasteiger partial charge on any atom is -0.489 e. The Morgan fingerprint density at radius 3 is 2.46 bits per heavy atom. The number of benzene rings is 2. The molecule has 0 aliphatic carbocycles. The van der Waals surface area contributed by atoms with Crippen LogP contribution in [-0.2, 0) is 10.9 Å². The van der Waals surface area contributed by atoms with Gasteiger partial charge in [-0.05, 0) is 30.3 Å². The van der Waals surface area contributed by atoms with Crippen LogP contribution in [0.15, 0.2) is 36.4 Å². The second-order valence-corrected chi connectivity index (χ2v) is 5.13. The van der Waals surface area contributed by atoms with E-state index in [1.165, 1.54) is 13.2 Å². The highest BCUT2D eigenvalue weighted by Crippen LogP contribution is 2.32. The van der Waals surface area contributed by atoms with Crippen molar-refractivity contribution in [1.82, 2.24) is 0 Å². The van der Waals surface area contributed by atoms with Gasteiger partial charge in [0.1, 0.15) is 24.0 Å².